The maximum absolute atomic E-state index is 11.7. The first-order valence-electron chi connectivity index (χ1n) is 6.17. The van der Waals surface area contributed by atoms with Gasteiger partial charge in [-0.05, 0) is 6.42 Å². The molecule has 100 valence electrons. The highest BCUT2D eigenvalue weighted by atomic mass is 16.1. The first kappa shape index (κ1) is 15.9. The van der Waals surface area contributed by atoms with Crippen LogP contribution in [-0.4, -0.2) is 30.4 Å². The van der Waals surface area contributed by atoms with Gasteiger partial charge in [0.25, 0.3) is 0 Å². The second-order valence-corrected chi connectivity index (χ2v) is 4.94. The molecule has 0 aliphatic carbocycles. The molecule has 0 aliphatic rings. The topological polar surface area (TPSA) is 93.5 Å². The predicted molar refractivity (Wildman–Crippen MR) is 71.8 cm³/mol. The van der Waals surface area contributed by atoms with Gasteiger partial charge in [0.15, 0.2) is 5.96 Å². The van der Waals surface area contributed by atoms with Crippen LogP contribution in [0.1, 0.15) is 40.5 Å². The number of rotatable bonds is 8. The number of nitrogens with zero attached hydrogens (tertiary/aromatic N) is 1. The predicted octanol–water partition coefficient (Wildman–Crippen LogP) is 0.632. The van der Waals surface area contributed by atoms with Crippen LogP contribution in [0.3, 0.4) is 0 Å². The lowest BCUT2D eigenvalue weighted by Crippen LogP contribution is -2.38. The Hall–Kier alpha value is -1.10. The maximum Gasteiger partial charge on any atom is 0.185 e. The summed E-state index contributed by atoms with van der Waals surface area (Å²) in [5, 5.41) is 3.37. The Morgan fingerprint density at radius 3 is 2.24 bits per heavy atom. The lowest BCUT2D eigenvalue weighted by atomic mass is 9.99. The molecule has 0 heterocycles. The first-order chi connectivity index (χ1) is 7.82. The summed E-state index contributed by atoms with van der Waals surface area (Å²) in [6.45, 7) is 8.52. The zero-order valence-corrected chi connectivity index (χ0v) is 11.4. The summed E-state index contributed by atoms with van der Waals surface area (Å²) in [6.07, 6.45) is 1.31. The van der Waals surface area contributed by atoms with E-state index in [1.54, 1.807) is 0 Å². The smallest absolute Gasteiger partial charge is 0.185 e. The molecule has 17 heavy (non-hydrogen) atoms. The van der Waals surface area contributed by atoms with E-state index in [1.165, 1.54) is 0 Å². The van der Waals surface area contributed by atoms with Crippen molar-refractivity contribution in [3.63, 3.8) is 0 Å². The minimum Gasteiger partial charge on any atom is -0.370 e. The fourth-order valence-corrected chi connectivity index (χ4v) is 1.54. The molecule has 0 aliphatic heterocycles. The van der Waals surface area contributed by atoms with E-state index in [9.17, 15) is 4.79 Å². The van der Waals surface area contributed by atoms with Crippen LogP contribution >= 0.6 is 0 Å². The number of nitrogens with two attached hydrogens (primary N) is 2. The van der Waals surface area contributed by atoms with Crippen LogP contribution in [0.15, 0.2) is 4.99 Å². The number of carbonyl (C=O) groups is 1. The molecule has 1 atom stereocenters. The van der Waals surface area contributed by atoms with Gasteiger partial charge in [0.2, 0.25) is 0 Å². The zero-order valence-electron chi connectivity index (χ0n) is 11.4. The van der Waals surface area contributed by atoms with Crippen LogP contribution in [0, 0.1) is 5.92 Å². The molecular formula is C12H26N4O. The Balaban J connectivity index is 4.23. The Labute approximate surface area is 104 Å². The van der Waals surface area contributed by atoms with Crippen molar-refractivity contribution in [1.82, 2.24) is 5.32 Å². The molecule has 0 aromatic rings. The van der Waals surface area contributed by atoms with Gasteiger partial charge in [-0.2, -0.15) is 0 Å². The zero-order chi connectivity index (χ0) is 13.4. The second-order valence-electron chi connectivity index (χ2n) is 4.94. The molecule has 5 N–H and O–H groups in total. The van der Waals surface area contributed by atoms with Gasteiger partial charge in [-0.3, -0.25) is 9.79 Å². The van der Waals surface area contributed by atoms with Gasteiger partial charge in [-0.15, -0.1) is 0 Å². The van der Waals surface area contributed by atoms with Crippen LogP contribution < -0.4 is 16.8 Å². The van der Waals surface area contributed by atoms with E-state index in [0.29, 0.717) is 19.0 Å². The number of aliphatic imine (C=N–C) groups is 1. The molecule has 0 spiro atoms. The van der Waals surface area contributed by atoms with Gasteiger partial charge >= 0.3 is 0 Å². The number of hydrogen-bond acceptors (Lipinski definition) is 3. The minimum absolute atomic E-state index is 0.0783. The summed E-state index contributed by atoms with van der Waals surface area (Å²) in [7, 11) is 0. The Bertz CT molecular complexity index is 257. The van der Waals surface area contributed by atoms with E-state index < -0.39 is 0 Å². The van der Waals surface area contributed by atoms with Gasteiger partial charge in [-0.25, -0.2) is 0 Å². The third-order valence-electron chi connectivity index (χ3n) is 2.43. The van der Waals surface area contributed by atoms with Crippen molar-refractivity contribution in [3.05, 3.63) is 0 Å². The summed E-state index contributed by atoms with van der Waals surface area (Å²) in [4.78, 5) is 15.7. The Morgan fingerprint density at radius 2 is 1.82 bits per heavy atom. The van der Waals surface area contributed by atoms with E-state index in [4.69, 9.17) is 11.5 Å². The van der Waals surface area contributed by atoms with Crippen molar-refractivity contribution in [2.75, 3.05) is 6.54 Å². The molecule has 0 aromatic carbocycles. The van der Waals surface area contributed by atoms with Crippen LogP contribution in [0.4, 0.5) is 0 Å². The van der Waals surface area contributed by atoms with Crippen LogP contribution in [-0.2, 0) is 4.79 Å². The fraction of sp³-hybridized carbons (Fsp3) is 0.833. The fourth-order valence-electron chi connectivity index (χ4n) is 1.54. The monoisotopic (exact) mass is 242 g/mol. The van der Waals surface area contributed by atoms with Crippen LogP contribution in [0.5, 0.6) is 0 Å². The summed E-state index contributed by atoms with van der Waals surface area (Å²) < 4.78 is 0. The lowest BCUT2D eigenvalue weighted by molar-refractivity contribution is -0.122. The molecular weight excluding hydrogens is 216 g/mol. The highest BCUT2D eigenvalue weighted by Gasteiger charge is 2.16. The van der Waals surface area contributed by atoms with Gasteiger partial charge in [0.1, 0.15) is 5.78 Å². The van der Waals surface area contributed by atoms with Crippen molar-refractivity contribution in [1.29, 1.82) is 0 Å². The molecule has 0 radical (unpaired) electrons. The summed E-state index contributed by atoms with van der Waals surface area (Å²) in [5.74, 6) is 0.450. The first-order valence-corrected chi connectivity index (χ1v) is 6.17. The molecule has 0 amide bonds. The molecule has 0 saturated heterocycles. The third kappa shape index (κ3) is 8.68. The van der Waals surface area contributed by atoms with Crippen molar-refractivity contribution >= 4 is 11.7 Å². The van der Waals surface area contributed by atoms with Gasteiger partial charge < -0.3 is 16.8 Å². The average Bonchev–Trinajstić information content (AvgIpc) is 2.15. The number of Topliss-reactive ketones (excluding diaryl/α,β-unsaturated/α-hetero) is 1. The van der Waals surface area contributed by atoms with Crippen molar-refractivity contribution < 1.29 is 4.79 Å². The van der Waals surface area contributed by atoms with Crippen molar-refractivity contribution in [2.45, 2.75) is 52.6 Å². The summed E-state index contributed by atoms with van der Waals surface area (Å²) in [6, 6.07) is 0.493. The van der Waals surface area contributed by atoms with E-state index in [1.807, 2.05) is 13.8 Å². The average molecular weight is 242 g/mol. The summed E-state index contributed by atoms with van der Waals surface area (Å²) >= 11 is 0. The largest absolute Gasteiger partial charge is 0.370 e. The molecule has 0 rings (SSSR count). The third-order valence-corrected chi connectivity index (χ3v) is 2.43. The van der Waals surface area contributed by atoms with Crippen LogP contribution in [0.25, 0.3) is 0 Å². The van der Waals surface area contributed by atoms with E-state index in [2.05, 4.69) is 24.2 Å². The molecule has 0 fully saturated rings. The van der Waals surface area contributed by atoms with Gasteiger partial charge in [0, 0.05) is 31.0 Å². The van der Waals surface area contributed by atoms with Gasteiger partial charge in [0.05, 0.1) is 0 Å². The maximum atomic E-state index is 11.7. The Morgan fingerprint density at radius 1 is 1.24 bits per heavy atom. The summed E-state index contributed by atoms with van der Waals surface area (Å²) in [5.41, 5.74) is 10.5. The molecule has 5 heteroatoms. The number of nitrogens with one attached hydrogen (secondary N) is 1. The number of carbonyl (C=O) groups excluding carboxylic acids is 1. The molecule has 0 bridgehead atoms. The van der Waals surface area contributed by atoms with Crippen molar-refractivity contribution in [2.24, 2.45) is 22.4 Å². The SMILES string of the molecule is CC(C)NC(CCN=C(N)N)CC(=O)C(C)C. The van der Waals surface area contributed by atoms with Crippen LogP contribution in [0.2, 0.25) is 0 Å². The second kappa shape index (κ2) is 8.06. The number of guanidine groups is 1. The number of ketones is 1. The van der Waals surface area contributed by atoms with E-state index in [-0.39, 0.29) is 23.7 Å². The molecule has 5 nitrogen and oxygen atoms in total. The van der Waals surface area contributed by atoms with Gasteiger partial charge in [-0.1, -0.05) is 27.7 Å². The highest BCUT2D eigenvalue weighted by Crippen LogP contribution is 2.07. The van der Waals surface area contributed by atoms with Crippen molar-refractivity contribution in [3.8, 4) is 0 Å². The van der Waals surface area contributed by atoms with E-state index >= 15 is 0 Å². The Kier molecular flexibility index (Phi) is 7.54. The van der Waals surface area contributed by atoms with E-state index in [0.717, 1.165) is 6.42 Å². The minimum atomic E-state index is 0.0783. The molecule has 0 aromatic heterocycles. The molecule has 0 saturated carbocycles. The quantitative estimate of drug-likeness (QED) is 0.430. The molecule has 1 unspecified atom stereocenters. The standard InChI is InChI=1S/C12H26N4O/c1-8(2)11(17)7-10(16-9(3)4)5-6-15-12(13)14/h8-10,16H,5-7H2,1-4H3,(H4,13,14,15). The number of hydrogen-bond donors (Lipinski definition) is 3. The normalized spacial score (nSPS) is 12.8. The lowest BCUT2D eigenvalue weighted by Gasteiger charge is -2.20. The highest BCUT2D eigenvalue weighted by molar-refractivity contribution is 5.80.